The zero-order chi connectivity index (χ0) is 18.5. The molecular weight excluding hydrogens is 394 g/mol. The van der Waals surface area contributed by atoms with Crippen LogP contribution in [0.4, 0.5) is 0 Å². The monoisotopic (exact) mass is 417 g/mol. The van der Waals surface area contributed by atoms with Crippen molar-refractivity contribution < 1.29 is 9.53 Å². The molecule has 1 aromatic heterocycles. The predicted octanol–water partition coefficient (Wildman–Crippen LogP) is 3.67. The Labute approximate surface area is 162 Å². The van der Waals surface area contributed by atoms with Crippen LogP contribution in [-0.4, -0.2) is 43.0 Å². The minimum Gasteiger partial charge on any atom is -0.497 e. The third-order valence-electron chi connectivity index (χ3n) is 4.96. The fraction of sp³-hybridized carbons (Fsp3) is 0.400. The number of likely N-dealkylation sites (tertiary alicyclic amines) is 1. The van der Waals surface area contributed by atoms with Crippen LogP contribution in [0.5, 0.6) is 5.75 Å². The van der Waals surface area contributed by atoms with Crippen LogP contribution < -0.4 is 10.1 Å². The minimum atomic E-state index is -0.0829. The molecule has 1 saturated heterocycles. The van der Waals surface area contributed by atoms with E-state index in [-0.39, 0.29) is 11.9 Å². The van der Waals surface area contributed by atoms with E-state index in [0.29, 0.717) is 18.0 Å². The van der Waals surface area contributed by atoms with Gasteiger partial charge in [-0.05, 0) is 72.0 Å². The fourth-order valence-corrected chi connectivity index (χ4v) is 4.03. The van der Waals surface area contributed by atoms with Crippen molar-refractivity contribution in [1.29, 1.82) is 0 Å². The van der Waals surface area contributed by atoms with E-state index in [9.17, 15) is 4.79 Å². The smallest absolute Gasteiger partial charge is 0.252 e. The summed E-state index contributed by atoms with van der Waals surface area (Å²) in [4.78, 5) is 18.9. The molecule has 2 heterocycles. The number of nitrogens with zero attached hydrogens (tertiary/aromatic N) is 2. The van der Waals surface area contributed by atoms with Crippen LogP contribution in [0.2, 0.25) is 0 Å². The van der Waals surface area contributed by atoms with Gasteiger partial charge in [-0.2, -0.15) is 0 Å². The van der Waals surface area contributed by atoms with E-state index in [2.05, 4.69) is 50.3 Å². The summed E-state index contributed by atoms with van der Waals surface area (Å²) in [7, 11) is 3.83. The molecule has 26 heavy (non-hydrogen) atoms. The molecule has 1 N–H and O–H groups in total. The van der Waals surface area contributed by atoms with E-state index in [0.717, 1.165) is 29.6 Å². The Balaban J connectivity index is 1.70. The maximum Gasteiger partial charge on any atom is 0.252 e. The molecule has 5 nitrogen and oxygen atoms in total. The average Bonchev–Trinajstić information content (AvgIpc) is 2.66. The molecule has 1 aliphatic rings. The first kappa shape index (κ1) is 18.9. The number of rotatable bonds is 5. The number of piperidine rings is 1. The number of methoxy groups -OCH3 is 1. The maximum atomic E-state index is 12.4. The van der Waals surface area contributed by atoms with Gasteiger partial charge in [0.2, 0.25) is 0 Å². The minimum absolute atomic E-state index is 0.0829. The van der Waals surface area contributed by atoms with E-state index in [1.807, 2.05) is 12.1 Å². The van der Waals surface area contributed by atoms with Gasteiger partial charge in [-0.25, -0.2) is 0 Å². The van der Waals surface area contributed by atoms with Crippen LogP contribution in [0, 0.1) is 5.92 Å². The average molecular weight is 418 g/mol. The SMILES string of the molecule is COc1ccc(C2C(CNC(=O)c3cncc(Br)c3)CCCN2C)cc1. The predicted molar refractivity (Wildman–Crippen MR) is 105 cm³/mol. The Morgan fingerprint density at radius 3 is 2.81 bits per heavy atom. The van der Waals surface area contributed by atoms with Crippen LogP contribution in [-0.2, 0) is 0 Å². The third-order valence-corrected chi connectivity index (χ3v) is 5.39. The van der Waals surface area contributed by atoms with E-state index in [1.54, 1.807) is 25.6 Å². The lowest BCUT2D eigenvalue weighted by Crippen LogP contribution is -2.41. The first-order valence-corrected chi connectivity index (χ1v) is 9.60. The number of benzene rings is 1. The maximum absolute atomic E-state index is 12.4. The van der Waals surface area contributed by atoms with Crippen molar-refractivity contribution in [3.63, 3.8) is 0 Å². The zero-order valence-electron chi connectivity index (χ0n) is 15.1. The van der Waals surface area contributed by atoms with Crippen LogP contribution in [0.25, 0.3) is 0 Å². The molecule has 1 aliphatic heterocycles. The molecule has 2 unspecified atom stereocenters. The second-order valence-electron chi connectivity index (χ2n) is 6.70. The van der Waals surface area contributed by atoms with Gasteiger partial charge in [0.05, 0.1) is 12.7 Å². The van der Waals surface area contributed by atoms with Crippen molar-refractivity contribution in [2.75, 3.05) is 27.2 Å². The van der Waals surface area contributed by atoms with Crippen LogP contribution >= 0.6 is 15.9 Å². The number of halogens is 1. The number of carbonyl (C=O) groups excluding carboxylic acids is 1. The van der Waals surface area contributed by atoms with Crippen LogP contribution in [0.3, 0.4) is 0 Å². The van der Waals surface area contributed by atoms with Crippen LogP contribution in [0.15, 0.2) is 47.2 Å². The molecule has 0 aliphatic carbocycles. The molecule has 0 saturated carbocycles. The molecule has 0 spiro atoms. The molecule has 1 aromatic carbocycles. The quantitative estimate of drug-likeness (QED) is 0.805. The van der Waals surface area contributed by atoms with Gasteiger partial charge in [0.25, 0.3) is 5.91 Å². The Bertz CT molecular complexity index is 751. The molecule has 0 radical (unpaired) electrons. The first-order valence-electron chi connectivity index (χ1n) is 8.81. The number of ether oxygens (including phenoxy) is 1. The summed E-state index contributed by atoms with van der Waals surface area (Å²) in [5.74, 6) is 1.14. The van der Waals surface area contributed by atoms with Gasteiger partial charge in [-0.1, -0.05) is 12.1 Å². The van der Waals surface area contributed by atoms with Gasteiger partial charge in [-0.15, -0.1) is 0 Å². The molecule has 3 rings (SSSR count). The number of hydrogen-bond donors (Lipinski definition) is 1. The van der Waals surface area contributed by atoms with Crippen molar-refractivity contribution in [1.82, 2.24) is 15.2 Å². The van der Waals surface area contributed by atoms with Gasteiger partial charge in [0, 0.05) is 29.5 Å². The second kappa shape index (κ2) is 8.64. The summed E-state index contributed by atoms with van der Waals surface area (Å²) in [6, 6.07) is 10.3. The van der Waals surface area contributed by atoms with Crippen LogP contribution in [0.1, 0.15) is 34.8 Å². The van der Waals surface area contributed by atoms with E-state index in [1.165, 1.54) is 5.56 Å². The van der Waals surface area contributed by atoms with Gasteiger partial charge < -0.3 is 10.1 Å². The van der Waals surface area contributed by atoms with Gasteiger partial charge >= 0.3 is 0 Å². The Hall–Kier alpha value is -1.92. The molecule has 138 valence electrons. The van der Waals surface area contributed by atoms with Crippen molar-refractivity contribution in [2.45, 2.75) is 18.9 Å². The topological polar surface area (TPSA) is 54.5 Å². The molecule has 0 bridgehead atoms. The van der Waals surface area contributed by atoms with E-state index < -0.39 is 0 Å². The molecule has 6 heteroatoms. The van der Waals surface area contributed by atoms with Crippen molar-refractivity contribution >= 4 is 21.8 Å². The molecule has 2 aromatic rings. The van der Waals surface area contributed by atoms with E-state index >= 15 is 0 Å². The molecule has 2 atom stereocenters. The lowest BCUT2D eigenvalue weighted by atomic mass is 9.85. The summed E-state index contributed by atoms with van der Waals surface area (Å²) in [5.41, 5.74) is 1.83. The number of amides is 1. The summed E-state index contributed by atoms with van der Waals surface area (Å²) in [6.45, 7) is 1.71. The van der Waals surface area contributed by atoms with Gasteiger partial charge in [0.15, 0.2) is 0 Å². The van der Waals surface area contributed by atoms with Gasteiger partial charge in [0.1, 0.15) is 5.75 Å². The Kier molecular flexibility index (Phi) is 6.27. The summed E-state index contributed by atoms with van der Waals surface area (Å²) in [6.07, 6.45) is 5.50. The largest absolute Gasteiger partial charge is 0.497 e. The highest BCUT2D eigenvalue weighted by molar-refractivity contribution is 9.10. The summed E-state index contributed by atoms with van der Waals surface area (Å²) in [5, 5.41) is 3.09. The Morgan fingerprint density at radius 2 is 2.12 bits per heavy atom. The number of nitrogens with one attached hydrogen (secondary N) is 1. The molecule has 1 amide bonds. The van der Waals surface area contributed by atoms with Crippen molar-refractivity contribution in [2.24, 2.45) is 5.92 Å². The van der Waals surface area contributed by atoms with E-state index in [4.69, 9.17) is 4.74 Å². The normalized spacial score (nSPS) is 20.6. The summed E-state index contributed by atoms with van der Waals surface area (Å²) < 4.78 is 6.07. The fourth-order valence-electron chi connectivity index (χ4n) is 3.66. The summed E-state index contributed by atoms with van der Waals surface area (Å²) >= 11 is 3.36. The highest BCUT2D eigenvalue weighted by atomic mass is 79.9. The number of pyridine rings is 1. The lowest BCUT2D eigenvalue weighted by Gasteiger charge is -2.39. The first-order chi connectivity index (χ1) is 12.6. The number of aromatic nitrogens is 1. The number of carbonyl (C=O) groups is 1. The van der Waals surface area contributed by atoms with Gasteiger partial charge in [-0.3, -0.25) is 14.7 Å². The highest BCUT2D eigenvalue weighted by Crippen LogP contribution is 2.35. The molecular formula is C20H24BrN3O2. The number of hydrogen-bond acceptors (Lipinski definition) is 4. The van der Waals surface area contributed by atoms with Crippen molar-refractivity contribution in [3.05, 3.63) is 58.3 Å². The van der Waals surface area contributed by atoms with Crippen molar-refractivity contribution in [3.8, 4) is 5.75 Å². The second-order valence-corrected chi connectivity index (χ2v) is 7.62. The third kappa shape index (κ3) is 4.43. The zero-order valence-corrected chi connectivity index (χ0v) is 16.7. The lowest BCUT2D eigenvalue weighted by molar-refractivity contribution is 0.0891. The molecule has 1 fully saturated rings. The highest BCUT2D eigenvalue weighted by Gasteiger charge is 2.30. The standard InChI is InChI=1S/C20H24BrN3O2/c1-24-9-3-4-15(19(24)14-5-7-18(26-2)8-6-14)12-23-20(25)16-10-17(21)13-22-11-16/h5-8,10-11,13,15,19H,3-4,9,12H2,1-2H3,(H,23,25). The Morgan fingerprint density at radius 1 is 1.35 bits per heavy atom.